The highest BCUT2D eigenvalue weighted by Crippen LogP contribution is 2.25. The molecule has 0 aliphatic heterocycles. The van der Waals surface area contributed by atoms with Gasteiger partial charge in [0.1, 0.15) is 24.0 Å². The van der Waals surface area contributed by atoms with E-state index < -0.39 is 5.82 Å². The third-order valence-electron chi connectivity index (χ3n) is 2.13. The molecule has 1 aromatic heterocycles. The lowest BCUT2D eigenvalue weighted by atomic mass is 10.3. The zero-order chi connectivity index (χ0) is 12.3. The van der Waals surface area contributed by atoms with Gasteiger partial charge in [-0.1, -0.05) is 11.6 Å². The Balaban J connectivity index is 2.07. The SMILES string of the molecule is Nc1cc(COc2ccc(F)cc2Cl)ccn1. The number of halogens is 2. The van der Waals surface area contributed by atoms with E-state index in [2.05, 4.69) is 4.98 Å². The van der Waals surface area contributed by atoms with Crippen molar-refractivity contribution in [2.75, 3.05) is 5.73 Å². The van der Waals surface area contributed by atoms with Crippen LogP contribution in [0.25, 0.3) is 0 Å². The van der Waals surface area contributed by atoms with Gasteiger partial charge in [0, 0.05) is 6.20 Å². The van der Waals surface area contributed by atoms with Crippen LogP contribution in [0.1, 0.15) is 5.56 Å². The number of aromatic nitrogens is 1. The summed E-state index contributed by atoms with van der Waals surface area (Å²) < 4.78 is 18.2. The molecule has 3 nitrogen and oxygen atoms in total. The van der Waals surface area contributed by atoms with Crippen molar-refractivity contribution in [1.29, 1.82) is 0 Å². The molecule has 0 fully saturated rings. The van der Waals surface area contributed by atoms with E-state index in [4.69, 9.17) is 22.1 Å². The maximum atomic E-state index is 12.8. The van der Waals surface area contributed by atoms with Gasteiger partial charge in [-0.15, -0.1) is 0 Å². The van der Waals surface area contributed by atoms with Crippen LogP contribution in [0.4, 0.5) is 10.2 Å². The van der Waals surface area contributed by atoms with Crippen LogP contribution in [0.15, 0.2) is 36.5 Å². The first kappa shape index (κ1) is 11.7. The van der Waals surface area contributed by atoms with Crippen LogP contribution in [0.5, 0.6) is 5.75 Å². The third kappa shape index (κ3) is 3.07. The minimum Gasteiger partial charge on any atom is -0.487 e. The summed E-state index contributed by atoms with van der Waals surface area (Å²) in [6, 6.07) is 7.48. The van der Waals surface area contributed by atoms with Crippen molar-refractivity contribution in [3.63, 3.8) is 0 Å². The van der Waals surface area contributed by atoms with Crippen LogP contribution >= 0.6 is 11.6 Å². The predicted molar refractivity (Wildman–Crippen MR) is 64.4 cm³/mol. The molecule has 0 amide bonds. The summed E-state index contributed by atoms with van der Waals surface area (Å²) in [6.07, 6.45) is 1.60. The van der Waals surface area contributed by atoms with E-state index in [0.717, 1.165) is 5.56 Å². The number of hydrogen-bond acceptors (Lipinski definition) is 3. The lowest BCUT2D eigenvalue weighted by molar-refractivity contribution is 0.306. The van der Waals surface area contributed by atoms with E-state index in [1.54, 1.807) is 18.3 Å². The highest BCUT2D eigenvalue weighted by molar-refractivity contribution is 6.32. The molecule has 0 aliphatic rings. The fourth-order valence-electron chi connectivity index (χ4n) is 1.34. The molecule has 0 bridgehead atoms. The number of nitrogens with zero attached hydrogens (tertiary/aromatic N) is 1. The number of nitrogens with two attached hydrogens (primary N) is 1. The summed E-state index contributed by atoms with van der Waals surface area (Å²) in [4.78, 5) is 3.87. The Morgan fingerprint density at radius 1 is 1.29 bits per heavy atom. The summed E-state index contributed by atoms with van der Waals surface area (Å²) in [7, 11) is 0. The molecular weight excluding hydrogens is 243 g/mol. The van der Waals surface area contributed by atoms with Gasteiger partial charge in [0.25, 0.3) is 0 Å². The van der Waals surface area contributed by atoms with Gasteiger partial charge in [-0.3, -0.25) is 0 Å². The second-order valence-corrected chi connectivity index (χ2v) is 3.86. The number of anilines is 1. The lowest BCUT2D eigenvalue weighted by Crippen LogP contribution is -1.98. The van der Waals surface area contributed by atoms with Crippen molar-refractivity contribution in [3.05, 3.63) is 52.9 Å². The fourth-order valence-corrected chi connectivity index (χ4v) is 1.56. The molecule has 0 saturated heterocycles. The number of hydrogen-bond donors (Lipinski definition) is 1. The molecule has 17 heavy (non-hydrogen) atoms. The predicted octanol–water partition coefficient (Wildman–Crippen LogP) is 3.04. The Bertz CT molecular complexity index is 534. The number of benzene rings is 1. The Kier molecular flexibility index (Phi) is 3.44. The molecule has 0 atom stereocenters. The van der Waals surface area contributed by atoms with E-state index in [1.807, 2.05) is 0 Å². The topological polar surface area (TPSA) is 48.1 Å². The van der Waals surface area contributed by atoms with Crippen molar-refractivity contribution in [2.24, 2.45) is 0 Å². The average molecular weight is 253 g/mol. The molecule has 0 radical (unpaired) electrons. The molecule has 88 valence electrons. The fraction of sp³-hybridized carbons (Fsp3) is 0.0833. The van der Waals surface area contributed by atoms with Crippen LogP contribution < -0.4 is 10.5 Å². The van der Waals surface area contributed by atoms with E-state index in [9.17, 15) is 4.39 Å². The minimum atomic E-state index is -0.393. The van der Waals surface area contributed by atoms with E-state index in [-0.39, 0.29) is 5.02 Å². The van der Waals surface area contributed by atoms with Crippen LogP contribution in [0.2, 0.25) is 5.02 Å². The summed E-state index contributed by atoms with van der Waals surface area (Å²) in [5.74, 6) is 0.468. The summed E-state index contributed by atoms with van der Waals surface area (Å²) in [6.45, 7) is 0.304. The highest BCUT2D eigenvalue weighted by Gasteiger charge is 2.03. The molecule has 0 saturated carbocycles. The number of ether oxygens (including phenoxy) is 1. The second kappa shape index (κ2) is 5.01. The molecule has 2 N–H and O–H groups in total. The number of nitrogen functional groups attached to an aromatic ring is 1. The van der Waals surface area contributed by atoms with Gasteiger partial charge in [0.05, 0.1) is 5.02 Å². The normalized spacial score (nSPS) is 10.2. The summed E-state index contributed by atoms with van der Waals surface area (Å²) in [5, 5.41) is 0.243. The van der Waals surface area contributed by atoms with Gasteiger partial charge in [0.2, 0.25) is 0 Å². The molecule has 5 heteroatoms. The zero-order valence-corrected chi connectivity index (χ0v) is 9.62. The van der Waals surface area contributed by atoms with Gasteiger partial charge in [-0.05, 0) is 35.9 Å². The number of rotatable bonds is 3. The Morgan fingerprint density at radius 2 is 2.12 bits per heavy atom. The largest absolute Gasteiger partial charge is 0.487 e. The van der Waals surface area contributed by atoms with E-state index >= 15 is 0 Å². The van der Waals surface area contributed by atoms with Gasteiger partial charge >= 0.3 is 0 Å². The van der Waals surface area contributed by atoms with Crippen molar-refractivity contribution in [2.45, 2.75) is 6.61 Å². The number of pyridine rings is 1. The van der Waals surface area contributed by atoms with Gasteiger partial charge < -0.3 is 10.5 Å². The van der Waals surface area contributed by atoms with Crippen molar-refractivity contribution in [1.82, 2.24) is 4.98 Å². The first-order valence-electron chi connectivity index (χ1n) is 4.93. The average Bonchev–Trinajstić information content (AvgIpc) is 2.28. The van der Waals surface area contributed by atoms with Crippen molar-refractivity contribution in [3.8, 4) is 5.75 Å². The molecule has 2 aromatic rings. The Hall–Kier alpha value is -1.81. The zero-order valence-electron chi connectivity index (χ0n) is 8.86. The van der Waals surface area contributed by atoms with Gasteiger partial charge in [0.15, 0.2) is 0 Å². The summed E-state index contributed by atoms with van der Waals surface area (Å²) in [5.41, 5.74) is 6.41. The molecule has 1 aromatic carbocycles. The molecular formula is C12H10ClFN2O. The van der Waals surface area contributed by atoms with Crippen molar-refractivity contribution >= 4 is 17.4 Å². The first-order valence-corrected chi connectivity index (χ1v) is 5.31. The van der Waals surface area contributed by atoms with Crippen LogP contribution in [-0.2, 0) is 6.61 Å². The van der Waals surface area contributed by atoms with E-state index in [1.165, 1.54) is 18.2 Å². The molecule has 1 heterocycles. The highest BCUT2D eigenvalue weighted by atomic mass is 35.5. The van der Waals surface area contributed by atoms with Crippen LogP contribution in [0, 0.1) is 5.82 Å². The molecule has 0 unspecified atom stereocenters. The molecule has 0 spiro atoms. The smallest absolute Gasteiger partial charge is 0.138 e. The monoisotopic (exact) mass is 252 g/mol. The maximum absolute atomic E-state index is 12.8. The van der Waals surface area contributed by atoms with Crippen LogP contribution in [-0.4, -0.2) is 4.98 Å². The van der Waals surface area contributed by atoms with Crippen molar-refractivity contribution < 1.29 is 9.13 Å². The van der Waals surface area contributed by atoms with Gasteiger partial charge in [-0.2, -0.15) is 0 Å². The lowest BCUT2D eigenvalue weighted by Gasteiger charge is -2.08. The minimum absolute atomic E-state index is 0.243. The molecule has 0 aliphatic carbocycles. The third-order valence-corrected chi connectivity index (χ3v) is 2.43. The first-order chi connectivity index (χ1) is 8.15. The van der Waals surface area contributed by atoms with Gasteiger partial charge in [-0.25, -0.2) is 9.37 Å². The standard InChI is InChI=1S/C12H10ClFN2O/c13-10-6-9(14)1-2-11(10)17-7-8-3-4-16-12(15)5-8/h1-6H,7H2,(H2,15,16). The van der Waals surface area contributed by atoms with Crippen LogP contribution in [0.3, 0.4) is 0 Å². The quantitative estimate of drug-likeness (QED) is 0.913. The maximum Gasteiger partial charge on any atom is 0.138 e. The summed E-state index contributed by atoms with van der Waals surface area (Å²) >= 11 is 5.82. The second-order valence-electron chi connectivity index (χ2n) is 3.45. The van der Waals surface area contributed by atoms with E-state index in [0.29, 0.717) is 18.2 Å². The molecule has 2 rings (SSSR count). The Morgan fingerprint density at radius 3 is 2.82 bits per heavy atom. The Labute approximate surface area is 103 Å².